The Hall–Kier alpha value is -2.86. The van der Waals surface area contributed by atoms with E-state index in [2.05, 4.69) is 5.32 Å². The molecule has 0 aliphatic rings. The third-order valence-electron chi connectivity index (χ3n) is 4.62. The zero-order valence-electron chi connectivity index (χ0n) is 17.2. The van der Waals surface area contributed by atoms with E-state index in [1.165, 1.54) is 7.11 Å². The number of amides is 2. The van der Waals surface area contributed by atoms with Gasteiger partial charge in [-0.15, -0.1) is 0 Å². The molecule has 0 saturated carbocycles. The van der Waals surface area contributed by atoms with Crippen LogP contribution >= 0.6 is 0 Å². The van der Waals surface area contributed by atoms with Crippen LogP contribution in [-0.2, 0) is 20.9 Å². The Morgan fingerprint density at radius 1 is 1.11 bits per heavy atom. The van der Waals surface area contributed by atoms with Crippen molar-refractivity contribution in [2.75, 3.05) is 38.0 Å². The fourth-order valence-electron chi connectivity index (χ4n) is 3.17. The Kier molecular flexibility index (Phi) is 7.58. The summed E-state index contributed by atoms with van der Waals surface area (Å²) >= 11 is 0. The Labute approximate surface area is 167 Å². The molecule has 2 amide bonds. The van der Waals surface area contributed by atoms with E-state index in [0.29, 0.717) is 12.2 Å². The van der Waals surface area contributed by atoms with Crippen molar-refractivity contribution in [3.8, 4) is 0 Å². The normalized spacial score (nSPS) is 11.6. The number of benzene rings is 2. The topological polar surface area (TPSA) is 61.9 Å². The first-order chi connectivity index (χ1) is 13.3. The lowest BCUT2D eigenvalue weighted by Gasteiger charge is -2.30. The minimum absolute atomic E-state index is 0.00459. The van der Waals surface area contributed by atoms with E-state index >= 15 is 0 Å². The Morgan fingerprint density at radius 2 is 1.79 bits per heavy atom. The Bertz CT molecular complexity index is 806. The monoisotopic (exact) mass is 383 g/mol. The quantitative estimate of drug-likeness (QED) is 0.758. The summed E-state index contributed by atoms with van der Waals surface area (Å²) in [6.45, 7) is 4.04. The summed E-state index contributed by atoms with van der Waals surface area (Å²) in [6.07, 6.45) is 0. The van der Waals surface area contributed by atoms with Gasteiger partial charge < -0.3 is 19.9 Å². The van der Waals surface area contributed by atoms with E-state index < -0.39 is 0 Å². The summed E-state index contributed by atoms with van der Waals surface area (Å²) in [4.78, 5) is 28.1. The maximum Gasteiger partial charge on any atom is 0.250 e. The molecule has 150 valence electrons. The number of nitrogens with zero attached hydrogens (tertiary/aromatic N) is 2. The minimum atomic E-state index is -0.216. The van der Waals surface area contributed by atoms with Crippen LogP contribution in [-0.4, -0.2) is 44.5 Å². The zero-order valence-corrected chi connectivity index (χ0v) is 17.2. The predicted octanol–water partition coefficient (Wildman–Crippen LogP) is 3.45. The summed E-state index contributed by atoms with van der Waals surface area (Å²) in [6, 6.07) is 15.6. The predicted molar refractivity (Wildman–Crippen MR) is 112 cm³/mol. The average molecular weight is 383 g/mol. The molecule has 0 aromatic heterocycles. The maximum atomic E-state index is 12.4. The molecule has 0 fully saturated rings. The fourth-order valence-corrected chi connectivity index (χ4v) is 3.17. The standard InChI is InChI=1S/C22H29N3O3/c1-16(18-9-7-6-8-10-18)25(17(2)26)14-19-13-20(23-22(27)15-28-5)11-12-21(19)24(3)4/h6-13,16H,14-15H2,1-5H3,(H,23,27)/t16-/m0/s1. The van der Waals surface area contributed by atoms with E-state index in [0.717, 1.165) is 16.8 Å². The molecule has 0 aliphatic carbocycles. The molecule has 0 spiro atoms. The fraction of sp³-hybridized carbons (Fsp3) is 0.364. The van der Waals surface area contributed by atoms with Gasteiger partial charge in [0.2, 0.25) is 11.8 Å². The number of methoxy groups -OCH3 is 1. The van der Waals surface area contributed by atoms with Crippen LogP contribution in [0, 0.1) is 0 Å². The average Bonchev–Trinajstić information content (AvgIpc) is 2.66. The second-order valence-corrected chi connectivity index (χ2v) is 6.95. The lowest BCUT2D eigenvalue weighted by Crippen LogP contribution is -2.31. The van der Waals surface area contributed by atoms with Crippen molar-refractivity contribution < 1.29 is 14.3 Å². The van der Waals surface area contributed by atoms with Gasteiger partial charge >= 0.3 is 0 Å². The van der Waals surface area contributed by atoms with Gasteiger partial charge in [-0.25, -0.2) is 0 Å². The smallest absolute Gasteiger partial charge is 0.250 e. The number of rotatable bonds is 8. The van der Waals surface area contributed by atoms with Gasteiger partial charge in [0.25, 0.3) is 0 Å². The number of anilines is 2. The number of nitrogens with one attached hydrogen (secondary N) is 1. The highest BCUT2D eigenvalue weighted by atomic mass is 16.5. The zero-order chi connectivity index (χ0) is 20.7. The molecule has 28 heavy (non-hydrogen) atoms. The molecule has 2 aromatic rings. The van der Waals surface area contributed by atoms with Crippen LogP contribution in [0.4, 0.5) is 11.4 Å². The van der Waals surface area contributed by atoms with E-state index in [9.17, 15) is 9.59 Å². The molecule has 6 heteroatoms. The van der Waals surface area contributed by atoms with Crippen LogP contribution < -0.4 is 10.2 Å². The van der Waals surface area contributed by atoms with Gasteiger partial charge in [0.05, 0.1) is 6.04 Å². The van der Waals surface area contributed by atoms with Crippen LogP contribution in [0.2, 0.25) is 0 Å². The number of hydrogen-bond donors (Lipinski definition) is 1. The summed E-state index contributed by atoms with van der Waals surface area (Å²) in [7, 11) is 5.40. The molecule has 0 saturated heterocycles. The lowest BCUT2D eigenvalue weighted by atomic mass is 10.0. The van der Waals surface area contributed by atoms with Crippen molar-refractivity contribution in [1.29, 1.82) is 0 Å². The molecule has 0 radical (unpaired) electrons. The van der Waals surface area contributed by atoms with E-state index in [-0.39, 0.29) is 24.5 Å². The molecule has 2 aromatic carbocycles. The largest absolute Gasteiger partial charge is 0.377 e. The molecule has 1 N–H and O–H groups in total. The summed E-state index contributed by atoms with van der Waals surface area (Å²) in [5.74, 6) is -0.220. The minimum Gasteiger partial charge on any atom is -0.377 e. The third-order valence-corrected chi connectivity index (χ3v) is 4.62. The van der Waals surface area contributed by atoms with Gasteiger partial charge in [0.1, 0.15) is 6.61 Å². The molecular weight excluding hydrogens is 354 g/mol. The van der Waals surface area contributed by atoms with Crippen molar-refractivity contribution in [2.24, 2.45) is 0 Å². The first-order valence-corrected chi connectivity index (χ1v) is 9.24. The van der Waals surface area contributed by atoms with Gasteiger partial charge in [-0.05, 0) is 36.2 Å². The van der Waals surface area contributed by atoms with E-state index in [1.807, 2.05) is 79.3 Å². The molecule has 1 atom stereocenters. The molecule has 0 aliphatic heterocycles. The van der Waals surface area contributed by atoms with Crippen LogP contribution in [0.25, 0.3) is 0 Å². The second kappa shape index (κ2) is 9.90. The summed E-state index contributed by atoms with van der Waals surface area (Å²) in [5, 5.41) is 2.83. The van der Waals surface area contributed by atoms with Crippen molar-refractivity contribution in [3.63, 3.8) is 0 Å². The molecule has 0 heterocycles. The maximum absolute atomic E-state index is 12.4. The van der Waals surface area contributed by atoms with Crippen molar-refractivity contribution in [3.05, 3.63) is 59.7 Å². The van der Waals surface area contributed by atoms with Gasteiger partial charge in [0, 0.05) is 46.0 Å². The number of carbonyl (C=O) groups is 2. The molecular formula is C22H29N3O3. The molecule has 0 unspecified atom stereocenters. The Balaban J connectivity index is 2.33. The first-order valence-electron chi connectivity index (χ1n) is 9.24. The third kappa shape index (κ3) is 5.57. The highest BCUT2D eigenvalue weighted by Crippen LogP contribution is 2.28. The first kappa shape index (κ1) is 21.4. The van der Waals surface area contributed by atoms with Crippen molar-refractivity contribution in [1.82, 2.24) is 4.90 Å². The van der Waals surface area contributed by atoms with Crippen LogP contribution in [0.1, 0.15) is 31.0 Å². The van der Waals surface area contributed by atoms with Gasteiger partial charge in [-0.1, -0.05) is 30.3 Å². The molecule has 2 rings (SSSR count). The van der Waals surface area contributed by atoms with Crippen LogP contribution in [0.5, 0.6) is 0 Å². The summed E-state index contributed by atoms with van der Waals surface area (Å²) < 4.78 is 4.87. The second-order valence-electron chi connectivity index (χ2n) is 6.95. The lowest BCUT2D eigenvalue weighted by molar-refractivity contribution is -0.131. The SMILES string of the molecule is COCC(=O)Nc1ccc(N(C)C)c(CN(C(C)=O)[C@@H](C)c2ccccc2)c1. The van der Waals surface area contributed by atoms with E-state index in [1.54, 1.807) is 6.92 Å². The number of ether oxygens (including phenoxy) is 1. The van der Waals surface area contributed by atoms with Crippen LogP contribution in [0.15, 0.2) is 48.5 Å². The highest BCUT2D eigenvalue weighted by molar-refractivity contribution is 5.92. The number of carbonyl (C=O) groups excluding carboxylic acids is 2. The number of hydrogen-bond acceptors (Lipinski definition) is 4. The molecule has 6 nitrogen and oxygen atoms in total. The van der Waals surface area contributed by atoms with E-state index in [4.69, 9.17) is 4.74 Å². The molecule has 0 bridgehead atoms. The van der Waals surface area contributed by atoms with Crippen LogP contribution in [0.3, 0.4) is 0 Å². The Morgan fingerprint density at radius 3 is 2.36 bits per heavy atom. The van der Waals surface area contributed by atoms with Gasteiger partial charge in [0.15, 0.2) is 0 Å². The highest BCUT2D eigenvalue weighted by Gasteiger charge is 2.21. The van der Waals surface area contributed by atoms with Gasteiger partial charge in [-0.3, -0.25) is 9.59 Å². The van der Waals surface area contributed by atoms with Crippen molar-refractivity contribution >= 4 is 23.2 Å². The summed E-state index contributed by atoms with van der Waals surface area (Å²) in [5.41, 5.74) is 3.71. The van der Waals surface area contributed by atoms with Crippen molar-refractivity contribution in [2.45, 2.75) is 26.4 Å². The van der Waals surface area contributed by atoms with Gasteiger partial charge in [-0.2, -0.15) is 0 Å².